The third kappa shape index (κ3) is 7.38. The fourth-order valence-corrected chi connectivity index (χ4v) is 3.63. The molecule has 200 valence electrons. The number of phenolic OH excluding ortho intramolecular Hbond substituents is 1. The van der Waals surface area contributed by atoms with Gasteiger partial charge in [0.2, 0.25) is 5.60 Å². The summed E-state index contributed by atoms with van der Waals surface area (Å²) in [6, 6.07) is 12.3. The number of methoxy groups -OCH3 is 1. The quantitative estimate of drug-likeness (QED) is 0.495. The maximum absolute atomic E-state index is 13.2. The molecule has 0 fully saturated rings. The monoisotopic (exact) mass is 513 g/mol. The van der Waals surface area contributed by atoms with E-state index in [4.69, 9.17) is 23.8 Å². The molecule has 0 aliphatic carbocycles. The zero-order valence-corrected chi connectivity index (χ0v) is 22.4. The number of hydrogen-bond acceptors (Lipinski definition) is 9. The summed E-state index contributed by atoms with van der Waals surface area (Å²) in [4.78, 5) is 31.5. The minimum absolute atomic E-state index is 0.101. The maximum atomic E-state index is 13.2. The van der Waals surface area contributed by atoms with Crippen molar-refractivity contribution in [1.82, 2.24) is 0 Å². The van der Waals surface area contributed by atoms with Gasteiger partial charge in [0.1, 0.15) is 23.6 Å². The Morgan fingerprint density at radius 2 is 1.65 bits per heavy atom. The van der Waals surface area contributed by atoms with Gasteiger partial charge in [-0.3, -0.25) is 4.79 Å². The van der Waals surface area contributed by atoms with E-state index in [0.717, 1.165) is 11.3 Å². The lowest BCUT2D eigenvalue weighted by Gasteiger charge is -2.29. The van der Waals surface area contributed by atoms with Gasteiger partial charge in [0.05, 0.1) is 19.2 Å². The second-order valence-electron chi connectivity index (χ2n) is 10.9. The van der Waals surface area contributed by atoms with E-state index < -0.39 is 35.2 Å². The van der Waals surface area contributed by atoms with Crippen LogP contribution < -0.4 is 9.47 Å². The highest BCUT2D eigenvalue weighted by atomic mass is 16.7. The van der Waals surface area contributed by atoms with Gasteiger partial charge in [-0.2, -0.15) is 0 Å². The molecule has 37 heavy (non-hydrogen) atoms. The number of rotatable bonds is 8. The van der Waals surface area contributed by atoms with E-state index in [-0.39, 0.29) is 30.2 Å². The molecule has 1 aliphatic rings. The summed E-state index contributed by atoms with van der Waals surface area (Å²) in [5.74, 6) is -0.562. The van der Waals surface area contributed by atoms with Crippen LogP contribution in [0, 0.1) is 0 Å². The molecule has 1 atom stereocenters. The van der Waals surface area contributed by atoms with Gasteiger partial charge in [-0.05, 0) is 71.4 Å². The molecule has 2 aromatic rings. The van der Waals surface area contributed by atoms with Gasteiger partial charge in [0.25, 0.3) is 0 Å². The van der Waals surface area contributed by atoms with Gasteiger partial charge in [0, 0.05) is 12.0 Å². The predicted octanol–water partition coefficient (Wildman–Crippen LogP) is 4.92. The van der Waals surface area contributed by atoms with Crippen molar-refractivity contribution in [3.05, 3.63) is 53.6 Å². The van der Waals surface area contributed by atoms with Crippen LogP contribution >= 0.6 is 0 Å². The van der Waals surface area contributed by atoms with Crippen LogP contribution in [-0.4, -0.2) is 46.7 Å². The molecular formula is C28H35NO8. The first kappa shape index (κ1) is 27.8. The molecule has 0 radical (unpaired) electrons. The Labute approximate surface area is 217 Å². The van der Waals surface area contributed by atoms with E-state index in [1.54, 1.807) is 66.9 Å². The highest BCUT2D eigenvalue weighted by Crippen LogP contribution is 2.38. The lowest BCUT2D eigenvalue weighted by atomic mass is 9.90. The number of carbonyl (C=O) groups is 2. The minimum atomic E-state index is -1.72. The van der Waals surface area contributed by atoms with Crippen LogP contribution in [0.5, 0.6) is 17.2 Å². The van der Waals surface area contributed by atoms with E-state index in [0.29, 0.717) is 5.56 Å². The maximum Gasteiger partial charge on any atom is 0.354 e. The van der Waals surface area contributed by atoms with Crippen molar-refractivity contribution in [2.24, 2.45) is 5.16 Å². The highest BCUT2D eigenvalue weighted by molar-refractivity contribution is 6.07. The van der Waals surface area contributed by atoms with Crippen molar-refractivity contribution in [3.63, 3.8) is 0 Å². The van der Waals surface area contributed by atoms with E-state index in [9.17, 15) is 14.7 Å². The van der Waals surface area contributed by atoms with Crippen molar-refractivity contribution in [1.29, 1.82) is 0 Å². The van der Waals surface area contributed by atoms with E-state index >= 15 is 0 Å². The Morgan fingerprint density at radius 3 is 2.24 bits per heavy atom. The lowest BCUT2D eigenvalue weighted by molar-refractivity contribution is -0.188. The molecule has 9 nitrogen and oxygen atoms in total. The molecular weight excluding hydrogens is 478 g/mol. The molecule has 0 saturated carbocycles. The normalized spacial score (nSPS) is 17.4. The van der Waals surface area contributed by atoms with Gasteiger partial charge in [-0.15, -0.1) is 0 Å². The van der Waals surface area contributed by atoms with Crippen LogP contribution in [0.25, 0.3) is 0 Å². The molecule has 9 heteroatoms. The smallest absolute Gasteiger partial charge is 0.354 e. The number of hydrogen-bond donors (Lipinski definition) is 1. The molecule has 2 aromatic carbocycles. The summed E-state index contributed by atoms with van der Waals surface area (Å²) < 4.78 is 22.0. The number of esters is 2. The van der Waals surface area contributed by atoms with Gasteiger partial charge in [0.15, 0.2) is 11.5 Å². The first-order valence-corrected chi connectivity index (χ1v) is 12.0. The van der Waals surface area contributed by atoms with E-state index in [1.807, 2.05) is 24.3 Å². The molecule has 1 N–H and O–H groups in total. The van der Waals surface area contributed by atoms with Crippen LogP contribution in [-0.2, 0) is 30.5 Å². The average molecular weight is 514 g/mol. The largest absolute Gasteiger partial charge is 0.504 e. The van der Waals surface area contributed by atoms with E-state index in [2.05, 4.69) is 5.16 Å². The Morgan fingerprint density at radius 1 is 1.00 bits per heavy atom. The SMILES string of the molecule is COc1ccc(COc2cccc(C3=NOC(CC(=O)OC(C)(C)C)(C(=O)OC(C)(C)C)C3)c2O)cc1. The summed E-state index contributed by atoms with van der Waals surface area (Å²) in [7, 11) is 1.59. The molecule has 1 aliphatic heterocycles. The Hall–Kier alpha value is -3.75. The molecule has 1 heterocycles. The number of benzene rings is 2. The van der Waals surface area contributed by atoms with Crippen molar-refractivity contribution in [2.45, 2.75) is 77.8 Å². The number of phenols is 1. The summed E-state index contributed by atoms with van der Waals surface area (Å²) in [6.07, 6.45) is -0.503. The lowest BCUT2D eigenvalue weighted by Crippen LogP contribution is -2.46. The fourth-order valence-electron chi connectivity index (χ4n) is 3.63. The van der Waals surface area contributed by atoms with Crippen LogP contribution in [0.1, 0.15) is 65.5 Å². The molecule has 3 rings (SSSR count). The highest BCUT2D eigenvalue weighted by Gasteiger charge is 2.52. The number of aromatic hydroxyl groups is 1. The summed E-state index contributed by atoms with van der Waals surface area (Å²) >= 11 is 0. The molecule has 0 bridgehead atoms. The Kier molecular flexibility index (Phi) is 8.05. The standard InChI is InChI=1S/C28H35NO8/c1-26(2,3)35-23(30)16-28(25(32)36-27(4,5)6)15-21(29-37-28)20-9-8-10-22(24(20)31)34-17-18-11-13-19(33-7)14-12-18/h8-14,31H,15-17H2,1-7H3. The molecule has 0 amide bonds. The summed E-state index contributed by atoms with van der Waals surface area (Å²) in [5.41, 5.74) is -1.81. The van der Waals surface area contributed by atoms with Crippen molar-refractivity contribution < 1.29 is 38.5 Å². The van der Waals surface area contributed by atoms with Gasteiger partial charge < -0.3 is 28.9 Å². The summed E-state index contributed by atoms with van der Waals surface area (Å²) in [5, 5.41) is 15.0. The van der Waals surface area contributed by atoms with Crippen LogP contribution in [0.3, 0.4) is 0 Å². The topological polar surface area (TPSA) is 113 Å². The number of carbonyl (C=O) groups excluding carboxylic acids is 2. The zero-order chi connectivity index (χ0) is 27.4. The molecule has 0 spiro atoms. The minimum Gasteiger partial charge on any atom is -0.504 e. The first-order chi connectivity index (χ1) is 17.2. The van der Waals surface area contributed by atoms with Crippen molar-refractivity contribution in [2.75, 3.05) is 7.11 Å². The first-order valence-electron chi connectivity index (χ1n) is 12.0. The summed E-state index contributed by atoms with van der Waals surface area (Å²) in [6.45, 7) is 10.6. The average Bonchev–Trinajstić information content (AvgIpc) is 3.21. The number of ether oxygens (including phenoxy) is 4. The fraction of sp³-hybridized carbons (Fsp3) is 0.464. The second kappa shape index (κ2) is 10.7. The van der Waals surface area contributed by atoms with Crippen LogP contribution in [0.4, 0.5) is 0 Å². The second-order valence-corrected chi connectivity index (χ2v) is 10.9. The van der Waals surface area contributed by atoms with Gasteiger partial charge >= 0.3 is 11.9 Å². The zero-order valence-electron chi connectivity index (χ0n) is 22.4. The third-order valence-corrected chi connectivity index (χ3v) is 5.27. The number of para-hydroxylation sites is 1. The van der Waals surface area contributed by atoms with Crippen molar-refractivity contribution in [3.8, 4) is 17.2 Å². The Bertz CT molecular complexity index is 1160. The molecule has 0 saturated heterocycles. The van der Waals surface area contributed by atoms with Gasteiger partial charge in [-0.1, -0.05) is 23.4 Å². The van der Waals surface area contributed by atoms with E-state index in [1.165, 1.54) is 0 Å². The van der Waals surface area contributed by atoms with Gasteiger partial charge in [-0.25, -0.2) is 4.79 Å². The van der Waals surface area contributed by atoms with Crippen LogP contribution in [0.15, 0.2) is 47.6 Å². The Balaban J connectivity index is 1.81. The number of oxime groups is 1. The van der Waals surface area contributed by atoms with Crippen LogP contribution in [0.2, 0.25) is 0 Å². The number of nitrogens with zero attached hydrogens (tertiary/aromatic N) is 1. The van der Waals surface area contributed by atoms with Crippen molar-refractivity contribution >= 4 is 17.7 Å². The molecule has 1 unspecified atom stereocenters. The molecule has 0 aromatic heterocycles. The third-order valence-electron chi connectivity index (χ3n) is 5.27. The predicted molar refractivity (Wildman–Crippen MR) is 137 cm³/mol.